The third-order valence-electron chi connectivity index (χ3n) is 3.89. The summed E-state index contributed by atoms with van der Waals surface area (Å²) in [4.78, 5) is 9.38. The largest absolute Gasteiger partial charge is 0.373 e. The van der Waals surface area contributed by atoms with Crippen molar-refractivity contribution in [3.63, 3.8) is 0 Å². The number of rotatable bonds is 6. The van der Waals surface area contributed by atoms with E-state index in [1.54, 1.807) is 0 Å². The maximum Gasteiger partial charge on any atom is 0.140 e. The van der Waals surface area contributed by atoms with E-state index >= 15 is 0 Å². The molecular weight excluding hydrogens is 254 g/mol. The number of aromatic nitrogens is 2. The molecule has 1 saturated carbocycles. The van der Waals surface area contributed by atoms with Gasteiger partial charge in [0.1, 0.15) is 11.6 Å². The fourth-order valence-electron chi connectivity index (χ4n) is 2.48. The Morgan fingerprint density at radius 2 is 2.11 bits per heavy atom. The molecule has 1 aliphatic carbocycles. The molecule has 1 unspecified atom stereocenters. The van der Waals surface area contributed by atoms with Crippen LogP contribution in [0.15, 0.2) is 6.07 Å². The van der Waals surface area contributed by atoms with Gasteiger partial charge in [-0.3, -0.25) is 0 Å². The maximum atomic E-state index is 4.80. The smallest absolute Gasteiger partial charge is 0.140 e. The molecular formula is C15H25N3S. The van der Waals surface area contributed by atoms with Crippen LogP contribution in [0.5, 0.6) is 0 Å². The summed E-state index contributed by atoms with van der Waals surface area (Å²) in [5.74, 6) is 3.53. The molecule has 3 nitrogen and oxygen atoms in total. The van der Waals surface area contributed by atoms with E-state index in [0.29, 0.717) is 11.2 Å². The van der Waals surface area contributed by atoms with Gasteiger partial charge in [0.15, 0.2) is 0 Å². The second-order valence-corrected chi connectivity index (χ2v) is 6.78. The average Bonchev–Trinajstić information content (AvgIpc) is 2.98. The van der Waals surface area contributed by atoms with Crippen molar-refractivity contribution in [2.45, 2.75) is 62.9 Å². The Hall–Kier alpha value is -0.770. The Morgan fingerprint density at radius 3 is 2.74 bits per heavy atom. The third-order valence-corrected chi connectivity index (χ3v) is 5.22. The molecule has 0 aromatic carbocycles. The average molecular weight is 279 g/mol. The number of hydrogen-bond donors (Lipinski definition) is 1. The number of nitrogens with zero attached hydrogens (tertiary/aromatic N) is 2. The van der Waals surface area contributed by atoms with E-state index in [-0.39, 0.29) is 0 Å². The molecule has 1 heterocycles. The van der Waals surface area contributed by atoms with E-state index in [9.17, 15) is 0 Å². The van der Waals surface area contributed by atoms with Crippen LogP contribution in [0, 0.1) is 0 Å². The highest BCUT2D eigenvalue weighted by atomic mass is 32.2. The molecule has 1 aromatic rings. The molecule has 1 aliphatic rings. The van der Waals surface area contributed by atoms with Crippen molar-refractivity contribution >= 4 is 17.6 Å². The Balaban J connectivity index is 2.11. The molecule has 0 aliphatic heterocycles. The van der Waals surface area contributed by atoms with Crippen LogP contribution in [0.25, 0.3) is 0 Å². The van der Waals surface area contributed by atoms with E-state index in [4.69, 9.17) is 4.98 Å². The zero-order valence-electron chi connectivity index (χ0n) is 12.3. The Kier molecular flexibility index (Phi) is 5.49. The predicted molar refractivity (Wildman–Crippen MR) is 83.8 cm³/mol. The normalized spacial score (nSPS) is 17.6. The monoisotopic (exact) mass is 279 g/mol. The first-order valence-electron chi connectivity index (χ1n) is 7.40. The molecule has 19 heavy (non-hydrogen) atoms. The molecule has 1 fully saturated rings. The SMILES string of the molecule is CCC(C)SCc1nc(NC)cc(C2CCCC2)n1. The summed E-state index contributed by atoms with van der Waals surface area (Å²) in [7, 11) is 1.94. The fraction of sp³-hybridized carbons (Fsp3) is 0.733. The number of nitrogens with one attached hydrogen (secondary N) is 1. The van der Waals surface area contributed by atoms with Gasteiger partial charge in [0, 0.05) is 30.0 Å². The maximum absolute atomic E-state index is 4.80. The van der Waals surface area contributed by atoms with E-state index in [1.165, 1.54) is 37.8 Å². The lowest BCUT2D eigenvalue weighted by Crippen LogP contribution is -2.06. The van der Waals surface area contributed by atoms with Crippen LogP contribution < -0.4 is 5.32 Å². The first-order valence-corrected chi connectivity index (χ1v) is 8.45. The van der Waals surface area contributed by atoms with E-state index < -0.39 is 0 Å². The van der Waals surface area contributed by atoms with Crippen LogP contribution in [0.1, 0.15) is 63.4 Å². The predicted octanol–water partition coefficient (Wildman–Crippen LogP) is 4.21. The molecule has 0 saturated heterocycles. The standard InChI is InChI=1S/C15H25N3S/c1-4-11(2)19-10-15-17-13(9-14(16-3)18-15)12-7-5-6-8-12/h9,11-12H,4-8,10H2,1-3H3,(H,16,17,18). The summed E-state index contributed by atoms with van der Waals surface area (Å²) in [6.45, 7) is 4.50. The second kappa shape index (κ2) is 7.13. The second-order valence-electron chi connectivity index (χ2n) is 5.36. The minimum atomic E-state index is 0.655. The topological polar surface area (TPSA) is 37.8 Å². The van der Waals surface area contributed by atoms with E-state index in [2.05, 4.69) is 30.2 Å². The third kappa shape index (κ3) is 4.10. The summed E-state index contributed by atoms with van der Waals surface area (Å²) in [6, 6.07) is 2.13. The van der Waals surface area contributed by atoms with Crippen LogP contribution in [-0.4, -0.2) is 22.3 Å². The summed E-state index contributed by atoms with van der Waals surface area (Å²) in [5, 5.41) is 3.85. The molecule has 1 atom stereocenters. The number of anilines is 1. The van der Waals surface area contributed by atoms with E-state index in [1.807, 2.05) is 18.8 Å². The minimum absolute atomic E-state index is 0.655. The lowest BCUT2D eigenvalue weighted by molar-refractivity contribution is 0.689. The van der Waals surface area contributed by atoms with Crippen molar-refractivity contribution in [2.24, 2.45) is 0 Å². The van der Waals surface area contributed by atoms with Gasteiger partial charge in [0.05, 0.1) is 5.75 Å². The molecule has 106 valence electrons. The fourth-order valence-corrected chi connectivity index (χ4v) is 3.27. The van der Waals surface area contributed by atoms with Gasteiger partial charge in [0.25, 0.3) is 0 Å². The number of thioether (sulfide) groups is 1. The Bertz CT molecular complexity index is 402. The van der Waals surface area contributed by atoms with Crippen molar-refractivity contribution in [2.75, 3.05) is 12.4 Å². The lowest BCUT2D eigenvalue weighted by atomic mass is 10.0. The van der Waals surface area contributed by atoms with Gasteiger partial charge < -0.3 is 5.32 Å². The highest BCUT2D eigenvalue weighted by Crippen LogP contribution is 2.34. The van der Waals surface area contributed by atoms with Gasteiger partial charge in [-0.15, -0.1) is 0 Å². The number of hydrogen-bond acceptors (Lipinski definition) is 4. The molecule has 2 rings (SSSR count). The molecule has 4 heteroatoms. The molecule has 0 amide bonds. The Morgan fingerprint density at radius 1 is 1.37 bits per heavy atom. The van der Waals surface area contributed by atoms with Crippen LogP contribution in [0.3, 0.4) is 0 Å². The van der Waals surface area contributed by atoms with Gasteiger partial charge in [-0.05, 0) is 19.3 Å². The highest BCUT2D eigenvalue weighted by Gasteiger charge is 2.20. The minimum Gasteiger partial charge on any atom is -0.373 e. The first-order chi connectivity index (χ1) is 9.22. The van der Waals surface area contributed by atoms with Gasteiger partial charge in [-0.25, -0.2) is 9.97 Å². The van der Waals surface area contributed by atoms with Crippen LogP contribution in [0.4, 0.5) is 5.82 Å². The zero-order valence-corrected chi connectivity index (χ0v) is 13.1. The summed E-state index contributed by atoms with van der Waals surface area (Å²) >= 11 is 1.95. The first kappa shape index (κ1) is 14.6. The Labute approximate surface area is 121 Å². The summed E-state index contributed by atoms with van der Waals surface area (Å²) in [5.41, 5.74) is 1.25. The molecule has 0 radical (unpaired) electrons. The van der Waals surface area contributed by atoms with Crippen molar-refractivity contribution in [3.05, 3.63) is 17.6 Å². The van der Waals surface area contributed by atoms with E-state index in [0.717, 1.165) is 17.4 Å². The van der Waals surface area contributed by atoms with Crippen molar-refractivity contribution in [1.82, 2.24) is 9.97 Å². The van der Waals surface area contributed by atoms with Crippen LogP contribution in [-0.2, 0) is 5.75 Å². The van der Waals surface area contributed by atoms with Gasteiger partial charge in [-0.1, -0.05) is 26.7 Å². The highest BCUT2D eigenvalue weighted by molar-refractivity contribution is 7.99. The van der Waals surface area contributed by atoms with Crippen molar-refractivity contribution in [1.29, 1.82) is 0 Å². The van der Waals surface area contributed by atoms with Crippen LogP contribution >= 0.6 is 11.8 Å². The quantitative estimate of drug-likeness (QED) is 0.846. The lowest BCUT2D eigenvalue weighted by Gasteiger charge is -2.13. The molecule has 1 N–H and O–H groups in total. The van der Waals surface area contributed by atoms with Gasteiger partial charge in [0.2, 0.25) is 0 Å². The zero-order chi connectivity index (χ0) is 13.7. The van der Waals surface area contributed by atoms with Crippen LogP contribution in [0.2, 0.25) is 0 Å². The summed E-state index contributed by atoms with van der Waals surface area (Å²) < 4.78 is 0. The summed E-state index contributed by atoms with van der Waals surface area (Å²) in [6.07, 6.45) is 6.48. The van der Waals surface area contributed by atoms with Crippen molar-refractivity contribution in [3.8, 4) is 0 Å². The molecule has 0 bridgehead atoms. The van der Waals surface area contributed by atoms with Gasteiger partial charge >= 0.3 is 0 Å². The molecule has 0 spiro atoms. The van der Waals surface area contributed by atoms with Crippen molar-refractivity contribution < 1.29 is 0 Å². The molecule has 1 aromatic heterocycles. The van der Waals surface area contributed by atoms with Gasteiger partial charge in [-0.2, -0.15) is 11.8 Å².